The van der Waals surface area contributed by atoms with E-state index >= 15 is 0 Å². The molecule has 2 fully saturated rings. The van der Waals surface area contributed by atoms with E-state index in [1.807, 2.05) is 32.0 Å². The lowest BCUT2D eigenvalue weighted by Gasteiger charge is -2.37. The number of amides is 1. The number of nitrogens with zero attached hydrogens (tertiary/aromatic N) is 5. The number of fused-ring (bicyclic) bond motifs is 1. The maximum absolute atomic E-state index is 12.6. The van der Waals surface area contributed by atoms with Crippen molar-refractivity contribution in [3.8, 4) is 0 Å². The third-order valence-corrected chi connectivity index (χ3v) is 6.42. The molecule has 7 nitrogen and oxygen atoms in total. The van der Waals surface area contributed by atoms with Crippen LogP contribution in [-0.4, -0.2) is 71.1 Å². The number of carbonyl (C=O) groups excluding carboxylic acids is 1. The summed E-state index contributed by atoms with van der Waals surface area (Å²) in [5.41, 5.74) is 1.91. The van der Waals surface area contributed by atoms with Crippen molar-refractivity contribution in [1.82, 2.24) is 19.4 Å². The molecule has 0 atom stereocenters. The van der Waals surface area contributed by atoms with Gasteiger partial charge in [-0.3, -0.25) is 19.1 Å². The minimum atomic E-state index is 0.0226. The Balaban J connectivity index is 1.35. The summed E-state index contributed by atoms with van der Waals surface area (Å²) in [4.78, 5) is 36.2. The van der Waals surface area contributed by atoms with Gasteiger partial charge in [0.2, 0.25) is 5.91 Å². The Bertz CT molecular complexity index is 946. The zero-order valence-corrected chi connectivity index (χ0v) is 18.2. The summed E-state index contributed by atoms with van der Waals surface area (Å²) < 4.78 is 1.68. The molecule has 162 valence electrons. The van der Waals surface area contributed by atoms with Crippen molar-refractivity contribution in [2.24, 2.45) is 0 Å². The van der Waals surface area contributed by atoms with Crippen molar-refractivity contribution < 1.29 is 4.79 Å². The summed E-state index contributed by atoms with van der Waals surface area (Å²) in [6.45, 7) is 10.6. The first-order valence-corrected chi connectivity index (χ1v) is 11.3. The van der Waals surface area contributed by atoms with Gasteiger partial charge in [0.15, 0.2) is 0 Å². The molecule has 0 bridgehead atoms. The van der Waals surface area contributed by atoms with E-state index in [4.69, 9.17) is 0 Å². The monoisotopic (exact) mass is 411 g/mol. The second-order valence-corrected chi connectivity index (χ2v) is 8.77. The molecule has 0 aliphatic carbocycles. The average Bonchev–Trinajstić information content (AvgIpc) is 2.96. The fourth-order valence-corrected chi connectivity index (χ4v) is 4.45. The molecule has 30 heavy (non-hydrogen) atoms. The van der Waals surface area contributed by atoms with E-state index in [0.29, 0.717) is 17.7 Å². The maximum atomic E-state index is 12.6. The molecule has 0 spiro atoms. The fourth-order valence-electron chi connectivity index (χ4n) is 4.45. The molecule has 1 amide bonds. The summed E-state index contributed by atoms with van der Waals surface area (Å²) in [5, 5.41) is 0.677. The predicted octanol–water partition coefficient (Wildman–Crippen LogP) is 2.50. The van der Waals surface area contributed by atoms with Crippen LogP contribution in [0.15, 0.2) is 29.3 Å². The van der Waals surface area contributed by atoms with Gasteiger partial charge in [-0.05, 0) is 44.9 Å². The third kappa shape index (κ3) is 4.51. The molecule has 1 aromatic carbocycles. The number of carbonyl (C=O) groups is 1. The van der Waals surface area contributed by atoms with Crippen LogP contribution in [0.1, 0.15) is 45.6 Å². The highest BCUT2D eigenvalue weighted by molar-refractivity contribution is 5.81. The summed E-state index contributed by atoms with van der Waals surface area (Å²) in [6, 6.07) is 6.09. The molecule has 3 heterocycles. The van der Waals surface area contributed by atoms with E-state index in [1.54, 1.807) is 10.9 Å². The largest absolute Gasteiger partial charge is 0.369 e. The molecular weight excluding hydrogens is 378 g/mol. The van der Waals surface area contributed by atoms with E-state index in [2.05, 4.69) is 19.7 Å². The van der Waals surface area contributed by atoms with Crippen LogP contribution < -0.4 is 10.5 Å². The topological polar surface area (TPSA) is 61.7 Å². The SMILES string of the molecule is CC(C)n1cnc2cc(N3CCN(CCN4CCCCCC4=O)CC3)ccc2c1=O. The van der Waals surface area contributed by atoms with Gasteiger partial charge in [-0.25, -0.2) is 4.98 Å². The summed E-state index contributed by atoms with van der Waals surface area (Å²) >= 11 is 0. The Labute approximate surface area is 178 Å². The summed E-state index contributed by atoms with van der Waals surface area (Å²) in [5.74, 6) is 0.325. The van der Waals surface area contributed by atoms with Gasteiger partial charge >= 0.3 is 0 Å². The predicted molar refractivity (Wildman–Crippen MR) is 120 cm³/mol. The molecule has 2 aliphatic rings. The van der Waals surface area contributed by atoms with E-state index in [9.17, 15) is 9.59 Å². The van der Waals surface area contributed by atoms with Crippen molar-refractivity contribution in [3.05, 3.63) is 34.9 Å². The standard InChI is InChI=1S/C23H33N5O2/c1-18(2)28-17-24-21-16-19(7-8-20(21)23(28)30)26-13-10-25(11-14-26)12-15-27-9-5-3-4-6-22(27)29/h7-8,16-18H,3-6,9-15H2,1-2H3. The molecule has 0 unspecified atom stereocenters. The molecule has 0 N–H and O–H groups in total. The fraction of sp³-hybridized carbons (Fsp3) is 0.609. The maximum Gasteiger partial charge on any atom is 0.261 e. The lowest BCUT2D eigenvalue weighted by Crippen LogP contribution is -2.49. The molecule has 0 radical (unpaired) electrons. The quantitative estimate of drug-likeness (QED) is 0.757. The van der Waals surface area contributed by atoms with E-state index in [0.717, 1.165) is 69.9 Å². The highest BCUT2D eigenvalue weighted by atomic mass is 16.2. The number of aromatic nitrogens is 2. The van der Waals surface area contributed by atoms with Crippen LogP contribution in [0, 0.1) is 0 Å². The van der Waals surface area contributed by atoms with Crippen LogP contribution in [0.5, 0.6) is 0 Å². The van der Waals surface area contributed by atoms with Crippen LogP contribution in [-0.2, 0) is 4.79 Å². The number of benzene rings is 1. The molecular formula is C23H33N5O2. The first-order valence-electron chi connectivity index (χ1n) is 11.3. The number of anilines is 1. The molecule has 2 saturated heterocycles. The number of hydrogen-bond donors (Lipinski definition) is 0. The van der Waals surface area contributed by atoms with Crippen molar-refractivity contribution in [3.63, 3.8) is 0 Å². The first-order chi connectivity index (χ1) is 14.5. The Hall–Kier alpha value is -2.41. The van der Waals surface area contributed by atoms with Crippen molar-refractivity contribution in [2.75, 3.05) is 50.7 Å². The third-order valence-electron chi connectivity index (χ3n) is 6.42. The second kappa shape index (κ2) is 9.16. The van der Waals surface area contributed by atoms with Gasteiger partial charge in [-0.15, -0.1) is 0 Å². The van der Waals surface area contributed by atoms with Crippen molar-refractivity contribution >= 4 is 22.5 Å². The van der Waals surface area contributed by atoms with Crippen LogP contribution >= 0.6 is 0 Å². The number of piperazine rings is 1. The van der Waals surface area contributed by atoms with E-state index in [1.165, 1.54) is 6.42 Å². The smallest absolute Gasteiger partial charge is 0.261 e. The average molecular weight is 412 g/mol. The van der Waals surface area contributed by atoms with Crippen LogP contribution in [0.2, 0.25) is 0 Å². The Kier molecular flexibility index (Phi) is 6.37. The highest BCUT2D eigenvalue weighted by Crippen LogP contribution is 2.21. The zero-order chi connectivity index (χ0) is 21.1. The molecule has 0 saturated carbocycles. The molecule has 2 aliphatic heterocycles. The Morgan fingerprint density at radius 2 is 1.77 bits per heavy atom. The van der Waals surface area contributed by atoms with Gasteiger partial charge in [0, 0.05) is 64.0 Å². The van der Waals surface area contributed by atoms with Crippen LogP contribution in [0.3, 0.4) is 0 Å². The highest BCUT2D eigenvalue weighted by Gasteiger charge is 2.21. The van der Waals surface area contributed by atoms with Gasteiger partial charge in [0.05, 0.1) is 17.2 Å². The lowest BCUT2D eigenvalue weighted by molar-refractivity contribution is -0.130. The van der Waals surface area contributed by atoms with Crippen molar-refractivity contribution in [1.29, 1.82) is 0 Å². The van der Waals surface area contributed by atoms with Gasteiger partial charge < -0.3 is 9.80 Å². The lowest BCUT2D eigenvalue weighted by atomic mass is 10.2. The molecule has 4 rings (SSSR count). The van der Waals surface area contributed by atoms with Gasteiger partial charge in [-0.1, -0.05) is 6.42 Å². The minimum absolute atomic E-state index is 0.0226. The molecule has 2 aromatic rings. The van der Waals surface area contributed by atoms with Gasteiger partial charge in [0.25, 0.3) is 5.56 Å². The van der Waals surface area contributed by atoms with Gasteiger partial charge in [-0.2, -0.15) is 0 Å². The minimum Gasteiger partial charge on any atom is -0.369 e. The summed E-state index contributed by atoms with van der Waals surface area (Å²) in [7, 11) is 0. The van der Waals surface area contributed by atoms with Crippen LogP contribution in [0.4, 0.5) is 5.69 Å². The first kappa shape index (κ1) is 20.8. The van der Waals surface area contributed by atoms with E-state index in [-0.39, 0.29) is 11.6 Å². The summed E-state index contributed by atoms with van der Waals surface area (Å²) in [6.07, 6.45) is 5.72. The number of likely N-dealkylation sites (tertiary alicyclic amines) is 1. The number of rotatable bonds is 5. The Morgan fingerprint density at radius 1 is 0.967 bits per heavy atom. The normalized spacial score (nSPS) is 19.0. The second-order valence-electron chi connectivity index (χ2n) is 8.77. The molecule has 1 aromatic heterocycles. The van der Waals surface area contributed by atoms with Crippen molar-refractivity contribution in [2.45, 2.75) is 45.6 Å². The molecule has 7 heteroatoms. The van der Waals surface area contributed by atoms with Gasteiger partial charge in [0.1, 0.15) is 0 Å². The number of hydrogen-bond acceptors (Lipinski definition) is 5. The van der Waals surface area contributed by atoms with E-state index < -0.39 is 0 Å². The Morgan fingerprint density at radius 3 is 2.53 bits per heavy atom. The van der Waals surface area contributed by atoms with Crippen LogP contribution in [0.25, 0.3) is 10.9 Å². The zero-order valence-electron chi connectivity index (χ0n) is 18.2.